The molecule has 2 aromatic rings. The zero-order valence-electron chi connectivity index (χ0n) is 11.9. The van der Waals surface area contributed by atoms with Gasteiger partial charge in [-0.25, -0.2) is 0 Å². The first-order chi connectivity index (χ1) is 10.7. The first-order valence-electron chi connectivity index (χ1n) is 7.35. The van der Waals surface area contributed by atoms with Crippen molar-refractivity contribution in [1.82, 2.24) is 14.8 Å². The lowest BCUT2D eigenvalue weighted by Gasteiger charge is -2.16. The van der Waals surface area contributed by atoms with E-state index in [0.717, 1.165) is 23.8 Å². The Balaban J connectivity index is 1.49. The fourth-order valence-corrected chi connectivity index (χ4v) is 3.93. The number of halogens is 1. The molecule has 114 valence electrons. The van der Waals surface area contributed by atoms with Crippen LogP contribution in [-0.2, 0) is 4.79 Å². The quantitative estimate of drug-likeness (QED) is 0.861. The summed E-state index contributed by atoms with van der Waals surface area (Å²) >= 11 is 7.44. The number of nitrogens with zero attached hydrogens (tertiary/aromatic N) is 4. The molecule has 0 spiro atoms. The van der Waals surface area contributed by atoms with Crippen LogP contribution >= 0.6 is 23.4 Å². The maximum Gasteiger partial charge on any atom is 0.240 e. The molecule has 0 radical (unpaired) electrons. The molecule has 2 heterocycles. The van der Waals surface area contributed by atoms with Gasteiger partial charge in [0.1, 0.15) is 6.33 Å². The first-order valence-corrected chi connectivity index (χ1v) is 8.61. The van der Waals surface area contributed by atoms with E-state index in [1.807, 2.05) is 29.2 Å². The Kier molecular flexibility index (Phi) is 3.58. The van der Waals surface area contributed by atoms with Gasteiger partial charge < -0.3 is 9.47 Å². The summed E-state index contributed by atoms with van der Waals surface area (Å²) in [6.45, 7) is 0.732. The third kappa shape index (κ3) is 2.61. The molecule has 1 aromatic carbocycles. The zero-order chi connectivity index (χ0) is 15.1. The van der Waals surface area contributed by atoms with E-state index < -0.39 is 0 Å². The predicted molar refractivity (Wildman–Crippen MR) is 86.4 cm³/mol. The molecule has 0 bridgehead atoms. The molecule has 22 heavy (non-hydrogen) atoms. The van der Waals surface area contributed by atoms with Crippen molar-refractivity contribution in [2.24, 2.45) is 0 Å². The van der Waals surface area contributed by atoms with Crippen LogP contribution in [0, 0.1) is 0 Å². The highest BCUT2D eigenvalue weighted by atomic mass is 35.5. The van der Waals surface area contributed by atoms with E-state index in [4.69, 9.17) is 11.6 Å². The summed E-state index contributed by atoms with van der Waals surface area (Å²) in [5.74, 6) is 0.137. The van der Waals surface area contributed by atoms with Crippen molar-refractivity contribution < 1.29 is 4.79 Å². The van der Waals surface area contributed by atoms with Crippen LogP contribution in [0.1, 0.15) is 25.3 Å². The highest BCUT2D eigenvalue weighted by Gasteiger charge is 2.35. The lowest BCUT2D eigenvalue weighted by Crippen LogP contribution is -2.28. The Bertz CT molecular complexity index is 698. The number of hydrogen-bond acceptors (Lipinski definition) is 4. The zero-order valence-corrected chi connectivity index (χ0v) is 13.4. The van der Waals surface area contributed by atoms with Crippen molar-refractivity contribution in [3.63, 3.8) is 0 Å². The van der Waals surface area contributed by atoms with E-state index >= 15 is 0 Å². The Morgan fingerprint density at radius 3 is 2.68 bits per heavy atom. The van der Waals surface area contributed by atoms with Crippen molar-refractivity contribution in [2.75, 3.05) is 11.4 Å². The summed E-state index contributed by atoms with van der Waals surface area (Å²) in [7, 11) is 0. The molecule has 5 nitrogen and oxygen atoms in total. The third-order valence-corrected chi connectivity index (χ3v) is 5.50. The molecular formula is C15H15ClN4OS. The molecule has 1 aliphatic heterocycles. The molecule has 7 heteroatoms. The molecule has 1 saturated heterocycles. The van der Waals surface area contributed by atoms with Gasteiger partial charge in [-0.2, -0.15) is 0 Å². The normalized spacial score (nSPS) is 21.6. The van der Waals surface area contributed by atoms with Gasteiger partial charge in [0.25, 0.3) is 0 Å². The average Bonchev–Trinajstić information content (AvgIpc) is 3.16. The second kappa shape index (κ2) is 5.59. The summed E-state index contributed by atoms with van der Waals surface area (Å²) < 4.78 is 2.10. The highest BCUT2D eigenvalue weighted by Crippen LogP contribution is 2.39. The van der Waals surface area contributed by atoms with Gasteiger partial charge in [0.15, 0.2) is 5.16 Å². The van der Waals surface area contributed by atoms with Crippen molar-refractivity contribution in [3.8, 4) is 0 Å². The summed E-state index contributed by atoms with van der Waals surface area (Å²) in [4.78, 5) is 14.5. The smallest absolute Gasteiger partial charge is 0.240 e. The van der Waals surface area contributed by atoms with Crippen LogP contribution < -0.4 is 4.90 Å². The van der Waals surface area contributed by atoms with Gasteiger partial charge in [-0.1, -0.05) is 23.4 Å². The van der Waals surface area contributed by atoms with E-state index in [1.165, 1.54) is 24.6 Å². The van der Waals surface area contributed by atoms with Crippen molar-refractivity contribution >= 4 is 35.0 Å². The number of aromatic nitrogens is 3. The third-order valence-electron chi connectivity index (χ3n) is 4.02. The SMILES string of the molecule is O=C1[C@H](Sc2nncn2C2CC2)CCN1c1ccc(Cl)cc1. The maximum absolute atomic E-state index is 12.6. The monoisotopic (exact) mass is 334 g/mol. The largest absolute Gasteiger partial charge is 0.311 e. The molecule has 2 fully saturated rings. The second-order valence-corrected chi connectivity index (χ2v) is 7.22. The first kappa shape index (κ1) is 14.1. The van der Waals surface area contributed by atoms with Gasteiger partial charge in [-0.05, 0) is 43.5 Å². The van der Waals surface area contributed by atoms with Crippen molar-refractivity contribution in [2.45, 2.75) is 35.7 Å². The number of hydrogen-bond donors (Lipinski definition) is 0. The summed E-state index contributed by atoms with van der Waals surface area (Å²) in [6.07, 6.45) is 4.96. The fraction of sp³-hybridized carbons (Fsp3) is 0.400. The predicted octanol–water partition coefficient (Wildman–Crippen LogP) is 3.16. The number of rotatable bonds is 4. The van der Waals surface area contributed by atoms with Crippen molar-refractivity contribution in [3.05, 3.63) is 35.6 Å². The maximum atomic E-state index is 12.6. The lowest BCUT2D eigenvalue weighted by molar-refractivity contribution is -0.116. The van der Waals surface area contributed by atoms with Gasteiger partial charge in [0, 0.05) is 23.3 Å². The van der Waals surface area contributed by atoms with E-state index in [2.05, 4.69) is 14.8 Å². The number of anilines is 1. The molecule has 4 rings (SSSR count). The fourth-order valence-electron chi connectivity index (χ4n) is 2.69. The van der Waals surface area contributed by atoms with Crippen LogP contribution in [0.15, 0.2) is 35.7 Å². The van der Waals surface area contributed by atoms with E-state index in [-0.39, 0.29) is 11.2 Å². The molecule has 1 atom stereocenters. The standard InChI is InChI=1S/C15H15ClN4OS/c16-10-1-3-11(4-2-10)19-8-7-13(14(19)21)22-15-18-17-9-20(15)12-5-6-12/h1-4,9,12-13H,5-8H2/t13-/m1/s1. The number of carbonyl (C=O) groups is 1. The molecule has 0 N–H and O–H groups in total. The minimum atomic E-state index is -0.0858. The van der Waals surface area contributed by atoms with Gasteiger partial charge >= 0.3 is 0 Å². The van der Waals surface area contributed by atoms with Crippen LogP contribution in [0.5, 0.6) is 0 Å². The highest BCUT2D eigenvalue weighted by molar-refractivity contribution is 8.00. The van der Waals surface area contributed by atoms with Gasteiger partial charge in [0.2, 0.25) is 5.91 Å². The van der Waals surface area contributed by atoms with Gasteiger partial charge in [-0.15, -0.1) is 10.2 Å². The summed E-state index contributed by atoms with van der Waals surface area (Å²) in [5.41, 5.74) is 0.904. The van der Waals surface area contributed by atoms with Crippen LogP contribution in [0.4, 0.5) is 5.69 Å². The molecule has 2 aliphatic rings. The minimum Gasteiger partial charge on any atom is -0.311 e. The van der Waals surface area contributed by atoms with E-state index in [1.54, 1.807) is 6.33 Å². The topological polar surface area (TPSA) is 51.0 Å². The molecule has 1 aromatic heterocycles. The van der Waals surface area contributed by atoms with E-state index in [9.17, 15) is 4.79 Å². The summed E-state index contributed by atoms with van der Waals surface area (Å²) in [6, 6.07) is 7.93. The number of benzene rings is 1. The van der Waals surface area contributed by atoms with Crippen LogP contribution in [0.3, 0.4) is 0 Å². The molecule has 1 aliphatic carbocycles. The Labute approximate surface area is 137 Å². The minimum absolute atomic E-state index is 0.0858. The number of carbonyl (C=O) groups excluding carboxylic acids is 1. The molecule has 1 amide bonds. The Morgan fingerprint density at radius 2 is 1.95 bits per heavy atom. The number of amides is 1. The van der Waals surface area contributed by atoms with Crippen LogP contribution in [0.25, 0.3) is 0 Å². The summed E-state index contributed by atoms with van der Waals surface area (Å²) in [5, 5.41) is 9.62. The van der Waals surface area contributed by atoms with Gasteiger partial charge in [0.05, 0.1) is 5.25 Å². The molecule has 0 unspecified atom stereocenters. The Morgan fingerprint density at radius 1 is 1.18 bits per heavy atom. The van der Waals surface area contributed by atoms with Crippen molar-refractivity contribution in [1.29, 1.82) is 0 Å². The van der Waals surface area contributed by atoms with Gasteiger partial charge in [-0.3, -0.25) is 4.79 Å². The Hall–Kier alpha value is -1.53. The number of thioether (sulfide) groups is 1. The van der Waals surface area contributed by atoms with Crippen LogP contribution in [-0.4, -0.2) is 32.5 Å². The average molecular weight is 335 g/mol. The van der Waals surface area contributed by atoms with E-state index in [0.29, 0.717) is 11.1 Å². The lowest BCUT2D eigenvalue weighted by atomic mass is 10.3. The van der Waals surface area contributed by atoms with Crippen LogP contribution in [0.2, 0.25) is 5.02 Å². The second-order valence-electron chi connectivity index (χ2n) is 5.61. The molecule has 1 saturated carbocycles. The molecular weight excluding hydrogens is 320 g/mol.